The van der Waals surface area contributed by atoms with E-state index in [0.717, 1.165) is 11.1 Å². The zero-order valence-corrected chi connectivity index (χ0v) is 17.8. The molecule has 0 spiro atoms. The van der Waals surface area contributed by atoms with Crippen LogP contribution in [0, 0.1) is 0 Å². The summed E-state index contributed by atoms with van der Waals surface area (Å²) in [7, 11) is 1.30. The van der Waals surface area contributed by atoms with Crippen LogP contribution in [-0.4, -0.2) is 49.8 Å². The molecule has 0 saturated carbocycles. The maximum Gasteiger partial charge on any atom is 0.471 e. The molecule has 1 N–H and O–H groups in total. The minimum absolute atomic E-state index is 0.0334. The van der Waals surface area contributed by atoms with Gasteiger partial charge in [0.15, 0.2) is 6.29 Å². The molecule has 1 amide bonds. The predicted octanol–water partition coefficient (Wildman–Crippen LogP) is 3.60. The second-order valence-electron chi connectivity index (χ2n) is 7.69. The van der Waals surface area contributed by atoms with E-state index in [-0.39, 0.29) is 19.8 Å². The minimum Gasteiger partial charge on any atom is -0.374 e. The molecule has 6 nitrogen and oxygen atoms in total. The first-order valence-corrected chi connectivity index (χ1v) is 10.1. The Balaban J connectivity index is 1.77. The molecule has 1 saturated heterocycles. The third kappa shape index (κ3) is 5.86. The van der Waals surface area contributed by atoms with Crippen LogP contribution in [0.4, 0.5) is 13.2 Å². The molecule has 0 radical (unpaired) electrons. The first-order valence-electron chi connectivity index (χ1n) is 10.1. The molecule has 2 aromatic carbocycles. The van der Waals surface area contributed by atoms with E-state index in [2.05, 4.69) is 0 Å². The fourth-order valence-corrected chi connectivity index (χ4v) is 3.67. The lowest BCUT2D eigenvalue weighted by atomic mass is 9.92. The molecule has 4 atom stereocenters. The lowest BCUT2D eigenvalue weighted by Crippen LogP contribution is -2.62. The Labute approximate surface area is 184 Å². The molecule has 0 aliphatic carbocycles. The molecule has 174 valence electrons. The third-order valence-corrected chi connectivity index (χ3v) is 5.24. The van der Waals surface area contributed by atoms with Gasteiger partial charge in [0.05, 0.1) is 19.8 Å². The van der Waals surface area contributed by atoms with Gasteiger partial charge in [-0.05, 0) is 18.1 Å². The Morgan fingerprint density at radius 2 is 1.59 bits per heavy atom. The molecule has 0 aromatic heterocycles. The number of nitrogens with one attached hydrogen (secondary N) is 1. The number of amides is 1. The molecule has 1 heterocycles. The van der Waals surface area contributed by atoms with Gasteiger partial charge in [0, 0.05) is 7.11 Å². The third-order valence-electron chi connectivity index (χ3n) is 5.24. The number of ether oxygens (including phenoxy) is 4. The second kappa shape index (κ2) is 10.4. The average molecular weight is 453 g/mol. The van der Waals surface area contributed by atoms with Crippen molar-refractivity contribution in [2.45, 2.75) is 50.4 Å². The molecular weight excluding hydrogens is 427 g/mol. The molecular formula is C23H26F3NO5. The van der Waals surface area contributed by atoms with Crippen molar-refractivity contribution in [1.82, 2.24) is 5.32 Å². The van der Waals surface area contributed by atoms with Gasteiger partial charge in [-0.2, -0.15) is 13.2 Å². The highest BCUT2D eigenvalue weighted by Gasteiger charge is 2.58. The molecule has 2 aromatic rings. The topological polar surface area (TPSA) is 66.0 Å². The first kappa shape index (κ1) is 24.2. The smallest absolute Gasteiger partial charge is 0.374 e. The molecule has 3 rings (SSSR count). The Morgan fingerprint density at radius 1 is 1.03 bits per heavy atom. The average Bonchev–Trinajstić information content (AvgIpc) is 3.03. The van der Waals surface area contributed by atoms with Crippen LogP contribution in [0.25, 0.3) is 0 Å². The Hall–Kier alpha value is -2.46. The van der Waals surface area contributed by atoms with Crippen molar-refractivity contribution in [1.29, 1.82) is 0 Å². The van der Waals surface area contributed by atoms with E-state index in [1.807, 2.05) is 66.0 Å². The summed E-state index contributed by atoms with van der Waals surface area (Å²) in [6, 6.07) is 18.6. The van der Waals surface area contributed by atoms with E-state index >= 15 is 0 Å². The van der Waals surface area contributed by atoms with Gasteiger partial charge < -0.3 is 24.3 Å². The summed E-state index contributed by atoms with van der Waals surface area (Å²) in [6.07, 6.45) is -7.96. The predicted molar refractivity (Wildman–Crippen MR) is 109 cm³/mol. The van der Waals surface area contributed by atoms with Crippen molar-refractivity contribution in [3.05, 3.63) is 71.8 Å². The van der Waals surface area contributed by atoms with Gasteiger partial charge in [-0.25, -0.2) is 0 Å². The summed E-state index contributed by atoms with van der Waals surface area (Å²) < 4.78 is 61.9. The largest absolute Gasteiger partial charge is 0.471 e. The number of hydrogen-bond donors (Lipinski definition) is 1. The summed E-state index contributed by atoms with van der Waals surface area (Å²) in [6.45, 7) is 1.84. The highest BCUT2D eigenvalue weighted by molar-refractivity contribution is 5.82. The monoisotopic (exact) mass is 453 g/mol. The lowest BCUT2D eigenvalue weighted by molar-refractivity contribution is -0.183. The Kier molecular flexibility index (Phi) is 7.89. The van der Waals surface area contributed by atoms with Crippen LogP contribution < -0.4 is 5.32 Å². The maximum atomic E-state index is 13.0. The van der Waals surface area contributed by atoms with Gasteiger partial charge in [0.2, 0.25) is 0 Å². The maximum absolute atomic E-state index is 13.0. The van der Waals surface area contributed by atoms with Crippen LogP contribution in [0.5, 0.6) is 0 Å². The van der Waals surface area contributed by atoms with Gasteiger partial charge in [-0.15, -0.1) is 0 Å². The van der Waals surface area contributed by atoms with Gasteiger partial charge in [-0.3, -0.25) is 4.79 Å². The van der Waals surface area contributed by atoms with E-state index in [4.69, 9.17) is 18.9 Å². The Morgan fingerprint density at radius 3 is 2.12 bits per heavy atom. The van der Waals surface area contributed by atoms with Crippen LogP contribution >= 0.6 is 0 Å². The van der Waals surface area contributed by atoms with Crippen LogP contribution in [0.2, 0.25) is 0 Å². The zero-order chi connectivity index (χ0) is 23.2. The van der Waals surface area contributed by atoms with Crippen molar-refractivity contribution >= 4 is 5.91 Å². The van der Waals surface area contributed by atoms with Crippen molar-refractivity contribution in [3.63, 3.8) is 0 Å². The number of halogens is 3. The molecule has 0 unspecified atom stereocenters. The Bertz CT molecular complexity index is 865. The van der Waals surface area contributed by atoms with Crippen LogP contribution in [0.1, 0.15) is 18.1 Å². The zero-order valence-electron chi connectivity index (χ0n) is 17.8. The molecule has 32 heavy (non-hydrogen) atoms. The van der Waals surface area contributed by atoms with Gasteiger partial charge in [0.25, 0.3) is 0 Å². The van der Waals surface area contributed by atoms with E-state index in [1.54, 1.807) is 0 Å². The number of hydrogen-bond acceptors (Lipinski definition) is 5. The SMILES string of the molecule is CO[C@H]1O[C@H](COCc2ccccc2)[C@@H](OCc2ccccc2)[C@@]1(C)NC(=O)C(F)(F)F. The quantitative estimate of drug-likeness (QED) is 0.629. The minimum atomic E-state index is -5.06. The molecule has 1 aliphatic rings. The summed E-state index contributed by atoms with van der Waals surface area (Å²) in [4.78, 5) is 11.8. The van der Waals surface area contributed by atoms with E-state index in [1.165, 1.54) is 14.0 Å². The molecule has 0 bridgehead atoms. The van der Waals surface area contributed by atoms with Crippen molar-refractivity contribution in [2.24, 2.45) is 0 Å². The van der Waals surface area contributed by atoms with E-state index in [0.29, 0.717) is 0 Å². The van der Waals surface area contributed by atoms with Gasteiger partial charge in [0.1, 0.15) is 17.7 Å². The van der Waals surface area contributed by atoms with Gasteiger partial charge in [-0.1, -0.05) is 60.7 Å². The number of rotatable bonds is 9. The van der Waals surface area contributed by atoms with Gasteiger partial charge >= 0.3 is 12.1 Å². The number of benzene rings is 2. The molecule has 1 fully saturated rings. The molecule has 1 aliphatic heterocycles. The first-order chi connectivity index (χ1) is 15.2. The number of alkyl halides is 3. The highest BCUT2D eigenvalue weighted by atomic mass is 19.4. The van der Waals surface area contributed by atoms with Crippen molar-refractivity contribution in [2.75, 3.05) is 13.7 Å². The second-order valence-corrected chi connectivity index (χ2v) is 7.69. The molecule has 9 heteroatoms. The standard InChI is InChI=1S/C23H26F3NO5/c1-22(27-20(28)23(24,25)26)19(31-14-17-11-7-4-8-12-17)18(32-21(22)29-2)15-30-13-16-9-5-3-6-10-16/h3-12,18-19,21H,13-15H2,1-2H3,(H,27,28)/t18-,19-,21+,22-/m1/s1. The van der Waals surface area contributed by atoms with E-state index in [9.17, 15) is 18.0 Å². The van der Waals surface area contributed by atoms with Crippen molar-refractivity contribution < 1.29 is 36.9 Å². The fraction of sp³-hybridized carbons (Fsp3) is 0.435. The number of carbonyl (C=O) groups is 1. The lowest BCUT2D eigenvalue weighted by Gasteiger charge is -2.35. The summed E-state index contributed by atoms with van der Waals surface area (Å²) >= 11 is 0. The number of methoxy groups -OCH3 is 1. The normalized spacial score (nSPS) is 25.6. The van der Waals surface area contributed by atoms with Crippen LogP contribution in [0.3, 0.4) is 0 Å². The summed E-state index contributed by atoms with van der Waals surface area (Å²) in [5.74, 6) is -2.09. The van der Waals surface area contributed by atoms with Crippen LogP contribution in [-0.2, 0) is 37.0 Å². The fourth-order valence-electron chi connectivity index (χ4n) is 3.67. The van der Waals surface area contributed by atoms with Crippen LogP contribution in [0.15, 0.2) is 60.7 Å². The highest BCUT2D eigenvalue weighted by Crippen LogP contribution is 2.36. The number of carbonyl (C=O) groups excluding carboxylic acids is 1. The van der Waals surface area contributed by atoms with Crippen molar-refractivity contribution in [3.8, 4) is 0 Å². The van der Waals surface area contributed by atoms with E-state index < -0.39 is 36.1 Å². The summed E-state index contributed by atoms with van der Waals surface area (Å²) in [5, 5.41) is 2.03. The summed E-state index contributed by atoms with van der Waals surface area (Å²) in [5.41, 5.74) is 0.155.